The van der Waals surface area contributed by atoms with Crippen molar-refractivity contribution in [3.05, 3.63) is 29.8 Å². The first kappa shape index (κ1) is 19.9. The molecule has 0 N–H and O–H groups in total. The van der Waals surface area contributed by atoms with Crippen LogP contribution in [0.5, 0.6) is 0 Å². The van der Waals surface area contributed by atoms with Gasteiger partial charge >= 0.3 is 0 Å². The Balaban J connectivity index is 1.52. The fourth-order valence-electron chi connectivity index (χ4n) is 5.32. The first-order chi connectivity index (χ1) is 13.5. The lowest BCUT2D eigenvalue weighted by Crippen LogP contribution is -2.45. The van der Waals surface area contributed by atoms with Crippen molar-refractivity contribution in [2.75, 3.05) is 19.6 Å². The minimum absolute atomic E-state index is 0.0171. The summed E-state index contributed by atoms with van der Waals surface area (Å²) in [4.78, 5) is 15.3. The van der Waals surface area contributed by atoms with Crippen molar-refractivity contribution in [3.8, 4) is 0 Å². The molecule has 3 fully saturated rings. The zero-order chi connectivity index (χ0) is 19.7. The smallest absolute Gasteiger partial charge is 0.253 e. The maximum absolute atomic E-state index is 13.1. The van der Waals surface area contributed by atoms with Crippen LogP contribution >= 0.6 is 0 Å². The summed E-state index contributed by atoms with van der Waals surface area (Å²) >= 11 is 0. The number of sulfonamides is 1. The first-order valence-electron chi connectivity index (χ1n) is 10.9. The number of piperidine rings is 2. The molecule has 0 spiro atoms. The average Bonchev–Trinajstić information content (AvgIpc) is 2.73. The van der Waals surface area contributed by atoms with Crippen LogP contribution in [0.3, 0.4) is 0 Å². The Hall–Kier alpha value is -1.40. The molecule has 28 heavy (non-hydrogen) atoms. The Morgan fingerprint density at radius 3 is 2.50 bits per heavy atom. The molecule has 154 valence electrons. The van der Waals surface area contributed by atoms with Gasteiger partial charge in [-0.05, 0) is 62.6 Å². The molecule has 2 saturated heterocycles. The third-order valence-corrected chi connectivity index (χ3v) is 9.02. The third kappa shape index (κ3) is 3.86. The lowest BCUT2D eigenvalue weighted by Gasteiger charge is -2.41. The molecule has 3 aliphatic rings. The fraction of sp³-hybridized carbons (Fsp3) is 0.682. The van der Waals surface area contributed by atoms with Crippen LogP contribution in [0.2, 0.25) is 0 Å². The number of carbonyl (C=O) groups excluding carboxylic acids is 1. The van der Waals surface area contributed by atoms with Gasteiger partial charge in [0.1, 0.15) is 0 Å². The van der Waals surface area contributed by atoms with Crippen molar-refractivity contribution < 1.29 is 13.2 Å². The number of amides is 1. The van der Waals surface area contributed by atoms with Crippen LogP contribution in [0.1, 0.15) is 68.6 Å². The lowest BCUT2D eigenvalue weighted by molar-refractivity contribution is 0.0520. The molecule has 0 bridgehead atoms. The molecule has 1 aromatic rings. The highest BCUT2D eigenvalue weighted by atomic mass is 32.2. The SMILES string of the molecule is C[C@@H]1CCCCN1S(=O)(=O)c1cccc(C(=O)N2CC[C@@H]3CCCC[C@@H]3C2)c1. The zero-order valence-electron chi connectivity index (χ0n) is 16.8. The summed E-state index contributed by atoms with van der Waals surface area (Å²) in [6.07, 6.45) is 9.06. The Kier molecular flexibility index (Phi) is 5.79. The number of carbonyl (C=O) groups is 1. The Bertz CT molecular complexity index is 823. The summed E-state index contributed by atoms with van der Waals surface area (Å²) < 4.78 is 27.9. The van der Waals surface area contributed by atoms with Crippen molar-refractivity contribution in [2.24, 2.45) is 11.8 Å². The van der Waals surface area contributed by atoms with Gasteiger partial charge in [-0.15, -0.1) is 0 Å². The van der Waals surface area contributed by atoms with Crippen LogP contribution in [-0.2, 0) is 10.0 Å². The molecule has 5 nitrogen and oxygen atoms in total. The van der Waals surface area contributed by atoms with Gasteiger partial charge in [0.2, 0.25) is 10.0 Å². The average molecular weight is 405 g/mol. The minimum Gasteiger partial charge on any atom is -0.338 e. The molecule has 1 aromatic carbocycles. The highest BCUT2D eigenvalue weighted by Gasteiger charge is 2.34. The van der Waals surface area contributed by atoms with Gasteiger partial charge in [0, 0.05) is 31.2 Å². The monoisotopic (exact) mass is 404 g/mol. The van der Waals surface area contributed by atoms with Crippen molar-refractivity contribution in [2.45, 2.75) is 69.2 Å². The number of hydrogen-bond donors (Lipinski definition) is 0. The molecular weight excluding hydrogens is 372 g/mol. The van der Waals surface area contributed by atoms with E-state index >= 15 is 0 Å². The molecule has 6 heteroatoms. The van der Waals surface area contributed by atoms with Crippen LogP contribution in [0.4, 0.5) is 0 Å². The van der Waals surface area contributed by atoms with Crippen LogP contribution in [0.15, 0.2) is 29.2 Å². The second kappa shape index (κ2) is 8.15. The number of likely N-dealkylation sites (tertiary alicyclic amines) is 1. The first-order valence-corrected chi connectivity index (χ1v) is 12.3. The van der Waals surface area contributed by atoms with Gasteiger partial charge in [0.15, 0.2) is 0 Å². The summed E-state index contributed by atoms with van der Waals surface area (Å²) in [5, 5.41) is 0. The quantitative estimate of drug-likeness (QED) is 0.768. The van der Waals surface area contributed by atoms with E-state index in [1.807, 2.05) is 11.8 Å². The number of benzene rings is 1. The second-order valence-corrected chi connectivity index (χ2v) is 10.7. The standard InChI is InChI=1S/C22H32N2O3S/c1-17-7-4-5-13-24(17)28(26,27)21-11-6-10-19(15-21)22(25)23-14-12-18-8-2-3-9-20(18)16-23/h6,10-11,15,17-18,20H,2-5,7-9,12-14,16H2,1H3/t17-,18+,20-/m1/s1. The van der Waals surface area contributed by atoms with E-state index in [1.54, 1.807) is 28.6 Å². The van der Waals surface area contributed by atoms with Gasteiger partial charge in [0.05, 0.1) is 4.90 Å². The van der Waals surface area contributed by atoms with E-state index in [4.69, 9.17) is 0 Å². The molecule has 4 rings (SSSR count). The van der Waals surface area contributed by atoms with E-state index in [2.05, 4.69) is 0 Å². The molecule has 1 aliphatic carbocycles. The molecule has 1 amide bonds. The van der Waals surface area contributed by atoms with E-state index in [9.17, 15) is 13.2 Å². The van der Waals surface area contributed by atoms with E-state index in [0.29, 0.717) is 18.0 Å². The Morgan fingerprint density at radius 1 is 0.964 bits per heavy atom. The molecule has 3 atom stereocenters. The van der Waals surface area contributed by atoms with E-state index in [0.717, 1.165) is 44.7 Å². The van der Waals surface area contributed by atoms with E-state index in [-0.39, 0.29) is 16.8 Å². The van der Waals surface area contributed by atoms with Crippen LogP contribution in [-0.4, -0.2) is 49.2 Å². The van der Waals surface area contributed by atoms with Crippen LogP contribution < -0.4 is 0 Å². The second-order valence-electron chi connectivity index (χ2n) is 8.83. The molecule has 0 aromatic heterocycles. The highest BCUT2D eigenvalue weighted by Crippen LogP contribution is 2.36. The van der Waals surface area contributed by atoms with Gasteiger partial charge in [-0.1, -0.05) is 31.7 Å². The maximum Gasteiger partial charge on any atom is 0.253 e. The van der Waals surface area contributed by atoms with Gasteiger partial charge in [0.25, 0.3) is 5.91 Å². The molecule has 2 aliphatic heterocycles. The van der Waals surface area contributed by atoms with Crippen molar-refractivity contribution in [3.63, 3.8) is 0 Å². The van der Waals surface area contributed by atoms with Gasteiger partial charge in [-0.25, -0.2) is 8.42 Å². The van der Waals surface area contributed by atoms with Crippen molar-refractivity contribution >= 4 is 15.9 Å². The van der Waals surface area contributed by atoms with Crippen LogP contribution in [0, 0.1) is 11.8 Å². The highest BCUT2D eigenvalue weighted by molar-refractivity contribution is 7.89. The predicted molar refractivity (Wildman–Crippen MR) is 110 cm³/mol. The number of hydrogen-bond acceptors (Lipinski definition) is 3. The van der Waals surface area contributed by atoms with E-state index in [1.165, 1.54) is 25.7 Å². The van der Waals surface area contributed by atoms with Gasteiger partial charge in [-0.2, -0.15) is 4.31 Å². The van der Waals surface area contributed by atoms with Gasteiger partial charge < -0.3 is 4.90 Å². The molecule has 0 unspecified atom stereocenters. The van der Waals surface area contributed by atoms with Gasteiger partial charge in [-0.3, -0.25) is 4.79 Å². The molecule has 0 radical (unpaired) electrons. The summed E-state index contributed by atoms with van der Waals surface area (Å²) in [6, 6.07) is 6.70. The maximum atomic E-state index is 13.1. The molecular formula is C22H32N2O3S. The summed E-state index contributed by atoms with van der Waals surface area (Å²) in [6.45, 7) is 4.15. The zero-order valence-corrected chi connectivity index (χ0v) is 17.7. The Morgan fingerprint density at radius 2 is 1.71 bits per heavy atom. The summed E-state index contributed by atoms with van der Waals surface area (Å²) in [5.41, 5.74) is 0.500. The molecule has 1 saturated carbocycles. The normalized spacial score (nSPS) is 29.3. The number of rotatable bonds is 3. The lowest BCUT2D eigenvalue weighted by atomic mass is 9.75. The fourth-order valence-corrected chi connectivity index (χ4v) is 7.07. The van der Waals surface area contributed by atoms with E-state index < -0.39 is 10.0 Å². The minimum atomic E-state index is -3.55. The number of fused-ring (bicyclic) bond motifs is 1. The van der Waals surface area contributed by atoms with Crippen molar-refractivity contribution in [1.29, 1.82) is 0 Å². The predicted octanol–water partition coefficient (Wildman–Crippen LogP) is 3.90. The van der Waals surface area contributed by atoms with Crippen molar-refractivity contribution in [1.82, 2.24) is 9.21 Å². The molecule has 2 heterocycles. The summed E-state index contributed by atoms with van der Waals surface area (Å²) in [5.74, 6) is 1.37. The Labute approximate surface area is 169 Å². The third-order valence-electron chi connectivity index (χ3n) is 7.01. The topological polar surface area (TPSA) is 57.7 Å². The van der Waals surface area contributed by atoms with Crippen LogP contribution in [0.25, 0.3) is 0 Å². The number of nitrogens with zero attached hydrogens (tertiary/aromatic N) is 2. The largest absolute Gasteiger partial charge is 0.338 e. The summed E-state index contributed by atoms with van der Waals surface area (Å²) in [7, 11) is -3.55.